The van der Waals surface area contributed by atoms with Gasteiger partial charge in [0.2, 0.25) is 0 Å². The first kappa shape index (κ1) is 10.4. The highest BCUT2D eigenvalue weighted by molar-refractivity contribution is 4.99. The van der Waals surface area contributed by atoms with Gasteiger partial charge in [-0.2, -0.15) is 0 Å². The van der Waals surface area contributed by atoms with Crippen molar-refractivity contribution in [1.82, 2.24) is 4.90 Å². The molecule has 0 aromatic carbocycles. The van der Waals surface area contributed by atoms with Gasteiger partial charge in [-0.25, -0.2) is 0 Å². The molecule has 0 radical (unpaired) electrons. The van der Waals surface area contributed by atoms with Gasteiger partial charge in [0.05, 0.1) is 6.10 Å². The molecule has 1 atom stereocenters. The Morgan fingerprint density at radius 2 is 2.21 bits per heavy atom. The number of nitrogens with two attached hydrogens (primary N) is 1. The van der Waals surface area contributed by atoms with E-state index in [1.54, 1.807) is 0 Å². The number of rotatable bonds is 2. The van der Waals surface area contributed by atoms with Crippen LogP contribution in [0.15, 0.2) is 0 Å². The second-order valence-corrected chi connectivity index (χ2v) is 4.76. The van der Waals surface area contributed by atoms with E-state index < -0.39 is 0 Å². The lowest BCUT2D eigenvalue weighted by Crippen LogP contribution is -2.59. The van der Waals surface area contributed by atoms with E-state index in [1.807, 2.05) is 0 Å². The summed E-state index contributed by atoms with van der Waals surface area (Å²) in [5.74, 6) is 0. The predicted octanol–water partition coefficient (Wildman–Crippen LogP) is 0.979. The first-order valence-corrected chi connectivity index (χ1v) is 5.83. The lowest BCUT2D eigenvalue weighted by Gasteiger charge is -2.50. The zero-order valence-electron chi connectivity index (χ0n) is 9.17. The van der Waals surface area contributed by atoms with Gasteiger partial charge in [0.15, 0.2) is 0 Å². The standard InChI is InChI=1S/C11H22N2O/c1-10-8-13(6-3-7-14-10)11(9-12)4-2-5-11/h10H,2-9,12H2,1H3. The minimum Gasteiger partial charge on any atom is -0.377 e. The molecular weight excluding hydrogens is 176 g/mol. The van der Waals surface area contributed by atoms with Crippen molar-refractivity contribution in [1.29, 1.82) is 0 Å². The van der Waals surface area contributed by atoms with Gasteiger partial charge in [-0.3, -0.25) is 4.90 Å². The Morgan fingerprint density at radius 3 is 2.79 bits per heavy atom. The monoisotopic (exact) mass is 198 g/mol. The van der Waals surface area contributed by atoms with Crippen LogP contribution in [0.5, 0.6) is 0 Å². The maximum atomic E-state index is 5.91. The van der Waals surface area contributed by atoms with Crippen molar-refractivity contribution in [2.75, 3.05) is 26.2 Å². The second-order valence-electron chi connectivity index (χ2n) is 4.76. The van der Waals surface area contributed by atoms with Gasteiger partial charge in [0.25, 0.3) is 0 Å². The van der Waals surface area contributed by atoms with Crippen LogP contribution in [-0.2, 0) is 4.74 Å². The Morgan fingerprint density at radius 1 is 1.43 bits per heavy atom. The maximum absolute atomic E-state index is 5.91. The molecule has 2 N–H and O–H groups in total. The number of ether oxygens (including phenoxy) is 1. The Hall–Kier alpha value is -0.120. The normalized spacial score (nSPS) is 33.4. The van der Waals surface area contributed by atoms with Crippen molar-refractivity contribution in [3.8, 4) is 0 Å². The molecule has 2 aliphatic rings. The van der Waals surface area contributed by atoms with Crippen LogP contribution in [0.2, 0.25) is 0 Å². The van der Waals surface area contributed by atoms with Crippen LogP contribution in [0, 0.1) is 0 Å². The molecule has 3 nitrogen and oxygen atoms in total. The summed E-state index contributed by atoms with van der Waals surface area (Å²) in [6.45, 7) is 6.14. The van der Waals surface area contributed by atoms with Gasteiger partial charge in [0, 0.05) is 31.8 Å². The maximum Gasteiger partial charge on any atom is 0.0674 e. The van der Waals surface area contributed by atoms with E-state index >= 15 is 0 Å². The molecule has 0 aromatic heterocycles. The molecule has 0 aromatic rings. The van der Waals surface area contributed by atoms with Crippen molar-refractivity contribution in [3.05, 3.63) is 0 Å². The summed E-state index contributed by atoms with van der Waals surface area (Å²) in [4.78, 5) is 2.58. The zero-order chi connectivity index (χ0) is 10.0. The molecule has 1 aliphatic carbocycles. The number of hydrogen-bond acceptors (Lipinski definition) is 3. The van der Waals surface area contributed by atoms with Crippen LogP contribution in [0.25, 0.3) is 0 Å². The zero-order valence-corrected chi connectivity index (χ0v) is 9.17. The summed E-state index contributed by atoms with van der Waals surface area (Å²) in [5, 5.41) is 0. The average molecular weight is 198 g/mol. The smallest absolute Gasteiger partial charge is 0.0674 e. The highest BCUT2D eigenvalue weighted by Gasteiger charge is 2.41. The Kier molecular flexibility index (Phi) is 3.10. The predicted molar refractivity (Wildman–Crippen MR) is 57.2 cm³/mol. The quantitative estimate of drug-likeness (QED) is 0.719. The van der Waals surface area contributed by atoms with Gasteiger partial charge in [-0.15, -0.1) is 0 Å². The molecule has 0 bridgehead atoms. The fourth-order valence-corrected chi connectivity index (χ4v) is 2.66. The second kappa shape index (κ2) is 4.17. The van der Waals surface area contributed by atoms with Crippen molar-refractivity contribution >= 4 is 0 Å². The molecule has 82 valence electrons. The van der Waals surface area contributed by atoms with E-state index in [0.29, 0.717) is 11.6 Å². The Balaban J connectivity index is 2.00. The molecule has 0 amide bonds. The van der Waals surface area contributed by atoms with Crippen LogP contribution >= 0.6 is 0 Å². The molecule has 14 heavy (non-hydrogen) atoms. The third-order valence-corrected chi connectivity index (χ3v) is 3.79. The highest BCUT2D eigenvalue weighted by Crippen LogP contribution is 2.37. The molecule has 3 heteroatoms. The summed E-state index contributed by atoms with van der Waals surface area (Å²) in [7, 11) is 0. The summed E-state index contributed by atoms with van der Waals surface area (Å²) in [5.41, 5.74) is 6.25. The van der Waals surface area contributed by atoms with Crippen LogP contribution in [-0.4, -0.2) is 42.8 Å². The number of nitrogens with zero attached hydrogens (tertiary/aromatic N) is 1. The summed E-state index contributed by atoms with van der Waals surface area (Å²) in [6.07, 6.45) is 5.46. The number of hydrogen-bond donors (Lipinski definition) is 1. The third-order valence-electron chi connectivity index (χ3n) is 3.79. The van der Waals surface area contributed by atoms with E-state index in [2.05, 4.69) is 11.8 Å². The highest BCUT2D eigenvalue weighted by atomic mass is 16.5. The van der Waals surface area contributed by atoms with Crippen molar-refractivity contribution in [2.24, 2.45) is 5.73 Å². The molecule has 2 fully saturated rings. The fraction of sp³-hybridized carbons (Fsp3) is 1.00. The largest absolute Gasteiger partial charge is 0.377 e. The summed E-state index contributed by atoms with van der Waals surface area (Å²) < 4.78 is 5.66. The molecule has 1 unspecified atom stereocenters. The van der Waals surface area contributed by atoms with Crippen molar-refractivity contribution in [2.45, 2.75) is 44.2 Å². The lowest BCUT2D eigenvalue weighted by molar-refractivity contribution is 0.00000173. The van der Waals surface area contributed by atoms with Crippen molar-refractivity contribution in [3.63, 3.8) is 0 Å². The molecule has 2 rings (SSSR count). The van der Waals surface area contributed by atoms with Crippen molar-refractivity contribution < 1.29 is 4.74 Å². The minimum absolute atomic E-state index is 0.335. The fourth-order valence-electron chi connectivity index (χ4n) is 2.66. The molecule has 1 saturated carbocycles. The summed E-state index contributed by atoms with van der Waals surface area (Å²) in [6, 6.07) is 0. The van der Waals surface area contributed by atoms with E-state index in [0.717, 1.165) is 26.1 Å². The van der Waals surface area contributed by atoms with Crippen LogP contribution < -0.4 is 5.73 Å². The van der Waals surface area contributed by atoms with Crippen LogP contribution in [0.4, 0.5) is 0 Å². The lowest BCUT2D eigenvalue weighted by atomic mass is 9.75. The van der Waals surface area contributed by atoms with Gasteiger partial charge < -0.3 is 10.5 Å². The SMILES string of the molecule is CC1CN(C2(CN)CCC2)CCCO1. The molecule has 1 saturated heterocycles. The van der Waals surface area contributed by atoms with Gasteiger partial charge in [-0.1, -0.05) is 0 Å². The first-order chi connectivity index (χ1) is 6.77. The average Bonchev–Trinajstić information content (AvgIpc) is 2.30. The minimum atomic E-state index is 0.335. The molecule has 1 heterocycles. The first-order valence-electron chi connectivity index (χ1n) is 5.83. The van der Waals surface area contributed by atoms with Crippen LogP contribution in [0.3, 0.4) is 0 Å². The Bertz CT molecular complexity index is 186. The van der Waals surface area contributed by atoms with Crippen LogP contribution in [0.1, 0.15) is 32.6 Å². The van der Waals surface area contributed by atoms with E-state index in [4.69, 9.17) is 10.5 Å². The Labute approximate surface area is 86.6 Å². The van der Waals surface area contributed by atoms with Gasteiger partial charge in [0.1, 0.15) is 0 Å². The third kappa shape index (κ3) is 1.81. The molecule has 1 aliphatic heterocycles. The van der Waals surface area contributed by atoms with E-state index in [9.17, 15) is 0 Å². The molecular formula is C11H22N2O. The van der Waals surface area contributed by atoms with Gasteiger partial charge >= 0.3 is 0 Å². The topological polar surface area (TPSA) is 38.5 Å². The molecule has 0 spiro atoms. The summed E-state index contributed by atoms with van der Waals surface area (Å²) >= 11 is 0. The van der Waals surface area contributed by atoms with Gasteiger partial charge in [-0.05, 0) is 32.6 Å². The van der Waals surface area contributed by atoms with E-state index in [1.165, 1.54) is 25.8 Å². The van der Waals surface area contributed by atoms with E-state index in [-0.39, 0.29) is 0 Å².